The number of nitrogens with zero attached hydrogens (tertiary/aromatic N) is 4. The molecule has 3 rings (SSSR count). The van der Waals surface area contributed by atoms with Crippen LogP contribution in [0, 0.1) is 11.5 Å². The molecule has 0 aliphatic carbocycles. The molecule has 0 saturated carbocycles. The SMILES string of the molecule is N#CN=C(N)N(Cc1ccc(S(=O)(=O)c2ccccc2)cc1)Cc1cccnc1. The van der Waals surface area contributed by atoms with E-state index in [-0.39, 0.29) is 15.8 Å². The molecule has 7 nitrogen and oxygen atoms in total. The number of rotatable bonds is 6. The van der Waals surface area contributed by atoms with Crippen LogP contribution in [-0.4, -0.2) is 24.3 Å². The first-order chi connectivity index (χ1) is 14.0. The minimum Gasteiger partial charge on any atom is -0.369 e. The first-order valence-electron chi connectivity index (χ1n) is 8.76. The van der Waals surface area contributed by atoms with Gasteiger partial charge in [0.1, 0.15) is 0 Å². The molecule has 2 aromatic carbocycles. The Bertz CT molecular complexity index is 1120. The fraction of sp³-hybridized carbons (Fsp3) is 0.0952. The largest absolute Gasteiger partial charge is 0.369 e. The molecule has 2 N–H and O–H groups in total. The van der Waals surface area contributed by atoms with Crippen molar-refractivity contribution in [2.75, 3.05) is 0 Å². The van der Waals surface area contributed by atoms with Gasteiger partial charge in [-0.3, -0.25) is 4.98 Å². The van der Waals surface area contributed by atoms with Crippen LogP contribution in [0.2, 0.25) is 0 Å². The summed E-state index contributed by atoms with van der Waals surface area (Å²) in [5.74, 6) is 0.0809. The van der Waals surface area contributed by atoms with Crippen LogP contribution >= 0.6 is 0 Å². The second kappa shape index (κ2) is 8.99. The van der Waals surface area contributed by atoms with Crippen molar-refractivity contribution >= 4 is 15.8 Å². The highest BCUT2D eigenvalue weighted by Gasteiger charge is 2.17. The quantitative estimate of drug-likeness (QED) is 0.383. The van der Waals surface area contributed by atoms with Crippen LogP contribution in [0.5, 0.6) is 0 Å². The van der Waals surface area contributed by atoms with E-state index in [9.17, 15) is 8.42 Å². The number of hydrogen-bond acceptors (Lipinski definition) is 5. The standard InChI is InChI=1S/C21H19N5O2S/c22-16-25-21(23)26(15-18-5-4-12-24-13-18)14-17-8-10-20(11-9-17)29(27,28)19-6-2-1-3-7-19/h1-13H,14-15H2,(H2,23,25). The second-order valence-corrected chi connectivity index (χ2v) is 8.20. The fourth-order valence-corrected chi connectivity index (χ4v) is 4.06. The van der Waals surface area contributed by atoms with Gasteiger partial charge >= 0.3 is 0 Å². The highest BCUT2D eigenvalue weighted by molar-refractivity contribution is 7.91. The van der Waals surface area contributed by atoms with Gasteiger partial charge in [-0.05, 0) is 41.5 Å². The normalized spacial score (nSPS) is 11.6. The minimum atomic E-state index is -3.57. The van der Waals surface area contributed by atoms with E-state index >= 15 is 0 Å². The predicted molar refractivity (Wildman–Crippen MR) is 109 cm³/mol. The molecular formula is C21H19N5O2S. The van der Waals surface area contributed by atoms with Gasteiger partial charge in [0.05, 0.1) is 9.79 Å². The Morgan fingerprint density at radius 3 is 2.24 bits per heavy atom. The maximum absolute atomic E-state index is 12.7. The molecule has 3 aromatic rings. The van der Waals surface area contributed by atoms with Gasteiger partial charge in [0, 0.05) is 25.5 Å². The first-order valence-corrected chi connectivity index (χ1v) is 10.2. The van der Waals surface area contributed by atoms with Gasteiger partial charge in [-0.25, -0.2) is 8.42 Å². The van der Waals surface area contributed by atoms with E-state index in [0.29, 0.717) is 13.1 Å². The van der Waals surface area contributed by atoms with Crippen molar-refractivity contribution in [1.82, 2.24) is 9.88 Å². The minimum absolute atomic E-state index is 0.0809. The van der Waals surface area contributed by atoms with E-state index in [2.05, 4.69) is 9.98 Å². The van der Waals surface area contributed by atoms with Crippen LogP contribution < -0.4 is 5.73 Å². The highest BCUT2D eigenvalue weighted by atomic mass is 32.2. The molecule has 29 heavy (non-hydrogen) atoms. The van der Waals surface area contributed by atoms with Crippen LogP contribution in [0.15, 0.2) is 93.9 Å². The van der Waals surface area contributed by atoms with Crippen molar-refractivity contribution in [3.05, 3.63) is 90.3 Å². The van der Waals surface area contributed by atoms with Crippen LogP contribution in [0.3, 0.4) is 0 Å². The van der Waals surface area contributed by atoms with Crippen LogP contribution in [0.25, 0.3) is 0 Å². The number of guanidine groups is 1. The third kappa shape index (κ3) is 4.97. The van der Waals surface area contributed by atoms with Crippen LogP contribution in [0.4, 0.5) is 0 Å². The zero-order valence-corrected chi connectivity index (χ0v) is 16.3. The van der Waals surface area contributed by atoms with Crippen LogP contribution in [-0.2, 0) is 22.9 Å². The number of sulfone groups is 1. The van der Waals surface area contributed by atoms with Gasteiger partial charge in [0.15, 0.2) is 0 Å². The molecule has 0 aliphatic rings. The summed E-state index contributed by atoms with van der Waals surface area (Å²) in [7, 11) is -3.57. The molecule has 0 radical (unpaired) electrons. The molecule has 1 aromatic heterocycles. The van der Waals surface area contributed by atoms with Gasteiger partial charge in [-0.1, -0.05) is 36.4 Å². The smallest absolute Gasteiger partial charge is 0.209 e. The third-order valence-electron chi connectivity index (χ3n) is 4.25. The summed E-state index contributed by atoms with van der Waals surface area (Å²) in [6.07, 6.45) is 5.08. The average molecular weight is 405 g/mol. The average Bonchev–Trinajstić information content (AvgIpc) is 2.75. The Morgan fingerprint density at radius 2 is 1.62 bits per heavy atom. The van der Waals surface area contributed by atoms with Crippen molar-refractivity contribution in [1.29, 1.82) is 5.26 Å². The molecule has 0 fully saturated rings. The topological polar surface area (TPSA) is 112 Å². The Balaban J connectivity index is 1.82. The number of hydrogen-bond donors (Lipinski definition) is 1. The number of nitrogens with two attached hydrogens (primary N) is 1. The fourth-order valence-electron chi connectivity index (χ4n) is 2.78. The first kappa shape index (κ1) is 20.0. The Hall–Kier alpha value is -3.70. The Kier molecular flexibility index (Phi) is 6.22. The summed E-state index contributed by atoms with van der Waals surface area (Å²) in [5.41, 5.74) is 7.68. The summed E-state index contributed by atoms with van der Waals surface area (Å²) < 4.78 is 25.4. The molecule has 8 heteroatoms. The summed E-state index contributed by atoms with van der Waals surface area (Å²) in [6, 6.07) is 18.6. The van der Waals surface area contributed by atoms with Crippen molar-refractivity contribution in [2.24, 2.45) is 10.7 Å². The third-order valence-corrected chi connectivity index (χ3v) is 6.03. The van der Waals surface area contributed by atoms with Gasteiger partial charge in [0.2, 0.25) is 22.0 Å². The molecule has 0 unspecified atom stereocenters. The monoisotopic (exact) mass is 405 g/mol. The summed E-state index contributed by atoms with van der Waals surface area (Å²) in [5, 5.41) is 8.83. The molecule has 0 saturated heterocycles. The maximum Gasteiger partial charge on any atom is 0.209 e. The van der Waals surface area contributed by atoms with Gasteiger partial charge in [-0.15, -0.1) is 4.99 Å². The molecule has 0 amide bonds. The Morgan fingerprint density at radius 1 is 0.966 bits per heavy atom. The highest BCUT2D eigenvalue weighted by Crippen LogP contribution is 2.21. The maximum atomic E-state index is 12.7. The lowest BCUT2D eigenvalue weighted by Gasteiger charge is -2.23. The van der Waals surface area contributed by atoms with Crippen molar-refractivity contribution in [3.63, 3.8) is 0 Å². The van der Waals surface area contributed by atoms with Crippen molar-refractivity contribution in [3.8, 4) is 6.19 Å². The molecular weight excluding hydrogens is 386 g/mol. The van der Waals surface area contributed by atoms with Crippen LogP contribution in [0.1, 0.15) is 11.1 Å². The van der Waals surface area contributed by atoms with Gasteiger partial charge < -0.3 is 10.6 Å². The van der Waals surface area contributed by atoms with Gasteiger partial charge in [-0.2, -0.15) is 5.26 Å². The molecule has 0 atom stereocenters. The summed E-state index contributed by atoms with van der Waals surface area (Å²) in [6.45, 7) is 0.770. The van der Waals surface area contributed by atoms with E-state index in [4.69, 9.17) is 11.0 Å². The zero-order chi connectivity index (χ0) is 20.7. The van der Waals surface area contributed by atoms with Crippen molar-refractivity contribution in [2.45, 2.75) is 22.9 Å². The lowest BCUT2D eigenvalue weighted by Crippen LogP contribution is -2.36. The summed E-state index contributed by atoms with van der Waals surface area (Å²) >= 11 is 0. The molecule has 146 valence electrons. The van der Waals surface area contributed by atoms with Crippen molar-refractivity contribution < 1.29 is 8.42 Å². The number of aliphatic imine (C=N–C) groups is 1. The molecule has 1 heterocycles. The number of pyridine rings is 1. The molecule has 0 bridgehead atoms. The Labute approximate surface area is 169 Å². The summed E-state index contributed by atoms with van der Waals surface area (Å²) in [4.78, 5) is 9.88. The van der Waals surface area contributed by atoms with E-state index in [1.807, 2.05) is 12.1 Å². The lowest BCUT2D eigenvalue weighted by atomic mass is 10.2. The van der Waals surface area contributed by atoms with E-state index in [0.717, 1.165) is 11.1 Å². The predicted octanol–water partition coefficient (Wildman–Crippen LogP) is 2.71. The molecule has 0 aliphatic heterocycles. The lowest BCUT2D eigenvalue weighted by molar-refractivity contribution is 0.401. The van der Waals surface area contributed by atoms with E-state index in [1.54, 1.807) is 78.1 Å². The van der Waals surface area contributed by atoms with E-state index < -0.39 is 9.84 Å². The molecule has 0 spiro atoms. The zero-order valence-electron chi connectivity index (χ0n) is 15.5. The number of aromatic nitrogens is 1. The van der Waals surface area contributed by atoms with Gasteiger partial charge in [0.25, 0.3) is 0 Å². The number of benzene rings is 2. The van der Waals surface area contributed by atoms with E-state index in [1.165, 1.54) is 0 Å². The second-order valence-electron chi connectivity index (χ2n) is 6.25. The number of nitriles is 1.